The van der Waals surface area contributed by atoms with Gasteiger partial charge in [-0.2, -0.15) is 0 Å². The molecular formula is C32H34O13. The van der Waals surface area contributed by atoms with Gasteiger partial charge >= 0.3 is 11.9 Å². The monoisotopic (exact) mass is 626 g/mol. The predicted molar refractivity (Wildman–Crippen MR) is 155 cm³/mol. The average molecular weight is 627 g/mol. The number of hydrogen-bond donors (Lipinski definition) is 5. The quantitative estimate of drug-likeness (QED) is 0.195. The molecule has 240 valence electrons. The smallest absolute Gasteiger partial charge is 0.338 e. The second-order valence-electron chi connectivity index (χ2n) is 10.5. The zero-order valence-electron chi connectivity index (χ0n) is 24.3. The number of aliphatic hydroxyl groups excluding tert-OH is 3. The van der Waals surface area contributed by atoms with Crippen LogP contribution < -0.4 is 18.9 Å². The molecule has 5 rings (SSSR count). The number of ether oxygens (including phenoxy) is 6. The number of carbonyl (C=O) groups excluding carboxylic acids is 1. The van der Waals surface area contributed by atoms with Crippen LogP contribution in [0.4, 0.5) is 0 Å². The molecule has 0 aliphatic carbocycles. The van der Waals surface area contributed by atoms with E-state index in [2.05, 4.69) is 0 Å². The van der Waals surface area contributed by atoms with Gasteiger partial charge in [0.15, 0.2) is 23.0 Å². The summed E-state index contributed by atoms with van der Waals surface area (Å²) >= 11 is 0. The van der Waals surface area contributed by atoms with Crippen molar-refractivity contribution in [2.75, 3.05) is 26.9 Å². The van der Waals surface area contributed by atoms with Gasteiger partial charge in [-0.05, 0) is 42.7 Å². The van der Waals surface area contributed by atoms with Crippen LogP contribution in [0.25, 0.3) is 0 Å². The molecule has 1 saturated heterocycles. The number of carboxylic acid groups (broad SMARTS) is 1. The Morgan fingerprint density at radius 1 is 0.956 bits per heavy atom. The van der Waals surface area contributed by atoms with Crippen LogP contribution in [-0.2, 0) is 22.3 Å². The molecule has 0 bridgehead atoms. The first-order valence-electron chi connectivity index (χ1n) is 14.3. The fraction of sp³-hybridized carbons (Fsp3) is 0.375. The van der Waals surface area contributed by atoms with Gasteiger partial charge in [0.1, 0.15) is 31.0 Å². The van der Waals surface area contributed by atoms with Gasteiger partial charge < -0.3 is 54.0 Å². The van der Waals surface area contributed by atoms with Crippen molar-refractivity contribution in [3.8, 4) is 28.7 Å². The van der Waals surface area contributed by atoms with Crippen LogP contribution in [0.5, 0.6) is 28.7 Å². The molecule has 0 unspecified atom stereocenters. The van der Waals surface area contributed by atoms with Gasteiger partial charge in [0.05, 0.1) is 31.5 Å². The van der Waals surface area contributed by atoms with Gasteiger partial charge in [-0.15, -0.1) is 0 Å². The fourth-order valence-corrected chi connectivity index (χ4v) is 5.14. The van der Waals surface area contributed by atoms with Crippen LogP contribution in [0, 0.1) is 0 Å². The summed E-state index contributed by atoms with van der Waals surface area (Å²) in [5.41, 5.74) is 1.47. The number of carboxylic acids is 1. The van der Waals surface area contributed by atoms with E-state index in [1.165, 1.54) is 31.4 Å². The van der Waals surface area contributed by atoms with Gasteiger partial charge in [0.25, 0.3) is 0 Å². The zero-order valence-corrected chi connectivity index (χ0v) is 24.3. The van der Waals surface area contributed by atoms with Crippen molar-refractivity contribution in [1.82, 2.24) is 0 Å². The number of carbonyl (C=O) groups is 2. The van der Waals surface area contributed by atoms with Crippen molar-refractivity contribution in [2.24, 2.45) is 0 Å². The first kappa shape index (κ1) is 31.9. The van der Waals surface area contributed by atoms with E-state index >= 15 is 0 Å². The van der Waals surface area contributed by atoms with Gasteiger partial charge in [-0.25, -0.2) is 9.59 Å². The van der Waals surface area contributed by atoms with E-state index in [4.69, 9.17) is 28.4 Å². The van der Waals surface area contributed by atoms with Crippen molar-refractivity contribution >= 4 is 11.9 Å². The predicted octanol–water partition coefficient (Wildman–Crippen LogP) is 2.09. The van der Waals surface area contributed by atoms with E-state index in [0.29, 0.717) is 31.4 Å². The van der Waals surface area contributed by atoms with E-state index in [1.54, 1.807) is 0 Å². The molecular weight excluding hydrogens is 592 g/mol. The second-order valence-corrected chi connectivity index (χ2v) is 10.5. The largest absolute Gasteiger partial charge is 0.502 e. The number of phenolic OH excluding ortho intramolecular Hbond substituents is 1. The van der Waals surface area contributed by atoms with Crippen LogP contribution in [0.15, 0.2) is 54.6 Å². The maximum absolute atomic E-state index is 13.0. The molecule has 0 spiro atoms. The molecule has 3 aromatic carbocycles. The molecule has 13 heteroatoms. The number of aromatic carboxylic acids is 1. The molecule has 3 aromatic rings. The van der Waals surface area contributed by atoms with Crippen molar-refractivity contribution in [3.05, 3.63) is 76.9 Å². The molecule has 13 nitrogen and oxygen atoms in total. The molecule has 0 saturated carbocycles. The number of fused-ring (bicyclic) bond motifs is 1. The summed E-state index contributed by atoms with van der Waals surface area (Å²) in [6.07, 6.45) is -6.37. The van der Waals surface area contributed by atoms with E-state index < -0.39 is 49.3 Å². The van der Waals surface area contributed by atoms with Crippen LogP contribution in [0.3, 0.4) is 0 Å². The zero-order chi connectivity index (χ0) is 32.1. The molecule has 0 radical (unpaired) electrons. The van der Waals surface area contributed by atoms with E-state index in [0.717, 1.165) is 5.56 Å². The standard InChI is InChI=1S/C32H34O13/c1-40-22-14-18(15-23(25(22)33)41-13-11-17-6-3-2-4-7-17)31(39)43-16-24-26(34)27(35)28(36)32(45-24)44-21-10-9-20(30(37)38)19-8-5-12-42-29(19)21/h2-4,6-7,9-10,14-15,24,26-28,32-36H,5,8,11-13,16H2,1H3,(H,37,38)/t24-,26+,27-,28+,32+/m0/s1. The molecule has 5 atom stereocenters. The third kappa shape index (κ3) is 7.07. The van der Waals surface area contributed by atoms with Crippen LogP contribution in [0.2, 0.25) is 0 Å². The lowest BCUT2D eigenvalue weighted by Crippen LogP contribution is -2.60. The summed E-state index contributed by atoms with van der Waals surface area (Å²) in [5.74, 6) is -2.07. The van der Waals surface area contributed by atoms with E-state index in [-0.39, 0.29) is 46.5 Å². The lowest BCUT2D eigenvalue weighted by molar-refractivity contribution is -0.277. The number of aromatic hydroxyl groups is 1. The first-order chi connectivity index (χ1) is 21.7. The maximum Gasteiger partial charge on any atom is 0.338 e. The normalized spacial score (nSPS) is 22.4. The number of rotatable bonds is 11. The van der Waals surface area contributed by atoms with E-state index in [1.807, 2.05) is 30.3 Å². The Bertz CT molecular complexity index is 1510. The summed E-state index contributed by atoms with van der Waals surface area (Å²) in [4.78, 5) is 24.7. The van der Waals surface area contributed by atoms with Gasteiger partial charge in [-0.3, -0.25) is 0 Å². The number of hydrogen-bond acceptors (Lipinski definition) is 12. The minimum absolute atomic E-state index is 0.00217. The summed E-state index contributed by atoms with van der Waals surface area (Å²) in [5, 5.41) is 51.8. The molecule has 0 aromatic heterocycles. The minimum atomic E-state index is -1.74. The topological polar surface area (TPSA) is 191 Å². The Morgan fingerprint density at radius 3 is 2.44 bits per heavy atom. The number of methoxy groups -OCH3 is 1. The summed E-state index contributed by atoms with van der Waals surface area (Å²) in [6, 6.07) is 14.8. The van der Waals surface area contributed by atoms with Crippen molar-refractivity contribution in [3.63, 3.8) is 0 Å². The second kappa shape index (κ2) is 14.0. The highest BCUT2D eigenvalue weighted by Crippen LogP contribution is 2.40. The lowest BCUT2D eigenvalue weighted by Gasteiger charge is -2.40. The highest BCUT2D eigenvalue weighted by Gasteiger charge is 2.46. The molecule has 2 aliphatic rings. The van der Waals surface area contributed by atoms with Gasteiger partial charge in [0, 0.05) is 12.0 Å². The van der Waals surface area contributed by atoms with Crippen LogP contribution in [0.1, 0.15) is 38.3 Å². The Hall–Kier alpha value is -4.56. The van der Waals surface area contributed by atoms with Crippen LogP contribution >= 0.6 is 0 Å². The summed E-state index contributed by atoms with van der Waals surface area (Å²) in [7, 11) is 1.31. The third-order valence-corrected chi connectivity index (χ3v) is 7.55. The SMILES string of the molecule is COc1cc(C(=O)OC[C@@H]2O[C@@H](Oc3ccc(C(=O)O)c4c3OCCC4)[C@H](O)[C@@H](O)[C@@H]2O)cc(OCCc2ccccc2)c1O. The Balaban J connectivity index is 1.26. The van der Waals surface area contributed by atoms with Crippen LogP contribution in [-0.4, -0.2) is 95.1 Å². The number of esters is 1. The Morgan fingerprint density at radius 2 is 1.71 bits per heavy atom. The highest BCUT2D eigenvalue weighted by molar-refractivity contribution is 5.91. The Kier molecular flexibility index (Phi) is 9.93. The van der Waals surface area contributed by atoms with Crippen molar-refractivity contribution in [2.45, 2.75) is 50.0 Å². The average Bonchev–Trinajstić information content (AvgIpc) is 3.05. The first-order valence-corrected chi connectivity index (χ1v) is 14.3. The minimum Gasteiger partial charge on any atom is -0.502 e. The van der Waals surface area contributed by atoms with E-state index in [9.17, 15) is 35.1 Å². The maximum atomic E-state index is 13.0. The lowest BCUT2D eigenvalue weighted by atomic mass is 9.98. The fourth-order valence-electron chi connectivity index (χ4n) is 5.14. The molecule has 0 amide bonds. The summed E-state index contributed by atoms with van der Waals surface area (Å²) < 4.78 is 33.4. The highest BCUT2D eigenvalue weighted by atomic mass is 16.7. The molecule has 1 fully saturated rings. The molecule has 5 N–H and O–H groups in total. The molecule has 45 heavy (non-hydrogen) atoms. The molecule has 2 heterocycles. The van der Waals surface area contributed by atoms with Gasteiger partial charge in [0.2, 0.25) is 12.0 Å². The number of benzene rings is 3. The number of aliphatic hydroxyl groups is 3. The third-order valence-electron chi connectivity index (χ3n) is 7.55. The number of phenols is 1. The van der Waals surface area contributed by atoms with Gasteiger partial charge in [-0.1, -0.05) is 30.3 Å². The Labute approximate surface area is 258 Å². The molecule has 2 aliphatic heterocycles. The summed E-state index contributed by atoms with van der Waals surface area (Å²) in [6.45, 7) is -0.0257. The van der Waals surface area contributed by atoms with Crippen molar-refractivity contribution in [1.29, 1.82) is 0 Å². The van der Waals surface area contributed by atoms with Crippen molar-refractivity contribution < 1.29 is 63.5 Å².